The van der Waals surface area contributed by atoms with E-state index in [0.717, 1.165) is 23.2 Å². The first-order chi connectivity index (χ1) is 9.61. The molecule has 0 radical (unpaired) electrons. The maximum atomic E-state index is 12.5. The van der Waals surface area contributed by atoms with Gasteiger partial charge in [-0.25, -0.2) is 0 Å². The summed E-state index contributed by atoms with van der Waals surface area (Å²) in [7, 11) is 0. The molecule has 0 unspecified atom stereocenters. The molecule has 1 amide bonds. The van der Waals surface area contributed by atoms with Crippen molar-refractivity contribution in [2.24, 2.45) is 0 Å². The highest BCUT2D eigenvalue weighted by atomic mass is 35.5. The van der Waals surface area contributed by atoms with Crippen molar-refractivity contribution in [1.29, 1.82) is 0 Å². The third kappa shape index (κ3) is 3.40. The van der Waals surface area contributed by atoms with Gasteiger partial charge in [-0.15, -0.1) is 0 Å². The molecule has 0 aromatic heterocycles. The lowest BCUT2D eigenvalue weighted by Crippen LogP contribution is -2.21. The maximum absolute atomic E-state index is 12.5. The van der Waals surface area contributed by atoms with Gasteiger partial charge < -0.3 is 5.32 Å². The molecule has 1 N–H and O–H groups in total. The molecule has 3 heteroatoms. The van der Waals surface area contributed by atoms with E-state index in [9.17, 15) is 4.79 Å². The summed E-state index contributed by atoms with van der Waals surface area (Å²) >= 11 is 5.98. The second-order valence-corrected chi connectivity index (χ2v) is 5.26. The van der Waals surface area contributed by atoms with E-state index in [1.807, 2.05) is 56.3 Å². The lowest BCUT2D eigenvalue weighted by atomic mass is 9.95. The smallest absolute Gasteiger partial charge is 0.231 e. The zero-order valence-electron chi connectivity index (χ0n) is 11.7. The zero-order chi connectivity index (χ0) is 14.5. The molecule has 2 rings (SSSR count). The van der Waals surface area contributed by atoms with Crippen molar-refractivity contribution in [3.8, 4) is 0 Å². The number of carbonyl (C=O) groups excluding carboxylic acids is 1. The highest BCUT2D eigenvalue weighted by Crippen LogP contribution is 2.24. The second kappa shape index (κ2) is 6.58. The van der Waals surface area contributed by atoms with Crippen LogP contribution in [-0.2, 0) is 4.79 Å². The molecule has 0 bridgehead atoms. The van der Waals surface area contributed by atoms with Crippen molar-refractivity contribution >= 4 is 23.2 Å². The van der Waals surface area contributed by atoms with Crippen LogP contribution in [0.1, 0.15) is 30.4 Å². The van der Waals surface area contributed by atoms with Crippen molar-refractivity contribution in [3.05, 3.63) is 64.7 Å². The van der Waals surface area contributed by atoms with Gasteiger partial charge in [0.15, 0.2) is 0 Å². The van der Waals surface area contributed by atoms with Crippen molar-refractivity contribution in [2.45, 2.75) is 26.2 Å². The van der Waals surface area contributed by atoms with E-state index < -0.39 is 0 Å². The van der Waals surface area contributed by atoms with E-state index >= 15 is 0 Å². The van der Waals surface area contributed by atoms with Crippen LogP contribution < -0.4 is 5.32 Å². The minimum atomic E-state index is -0.144. The largest absolute Gasteiger partial charge is 0.325 e. The fraction of sp³-hybridized carbons (Fsp3) is 0.235. The Kier molecular flexibility index (Phi) is 4.80. The number of halogens is 1. The molecule has 0 heterocycles. The standard InChI is InChI=1S/C17H18ClNO/c1-3-15(13-7-5-4-6-8-13)17(20)19-16-11-14(18)10-9-12(16)2/h4-11,15H,3H2,1-2H3,(H,19,20)/t15-/m0/s1. The Labute approximate surface area is 124 Å². The first-order valence-electron chi connectivity index (χ1n) is 6.73. The van der Waals surface area contributed by atoms with Gasteiger partial charge >= 0.3 is 0 Å². The molecule has 0 saturated heterocycles. The minimum absolute atomic E-state index is 0.00377. The van der Waals surface area contributed by atoms with Crippen molar-refractivity contribution < 1.29 is 4.79 Å². The molecular formula is C17H18ClNO. The fourth-order valence-electron chi connectivity index (χ4n) is 2.21. The Morgan fingerprint density at radius 2 is 1.90 bits per heavy atom. The summed E-state index contributed by atoms with van der Waals surface area (Å²) in [5, 5.41) is 3.60. The van der Waals surface area contributed by atoms with Gasteiger partial charge in [-0.05, 0) is 36.6 Å². The van der Waals surface area contributed by atoms with Gasteiger partial charge in [0.2, 0.25) is 5.91 Å². The number of nitrogens with one attached hydrogen (secondary N) is 1. The number of anilines is 1. The normalized spacial score (nSPS) is 11.9. The first-order valence-corrected chi connectivity index (χ1v) is 7.11. The van der Waals surface area contributed by atoms with Crippen LogP contribution in [0.5, 0.6) is 0 Å². The van der Waals surface area contributed by atoms with Crippen molar-refractivity contribution in [2.75, 3.05) is 5.32 Å². The molecular weight excluding hydrogens is 270 g/mol. The van der Waals surface area contributed by atoms with Gasteiger partial charge in [-0.3, -0.25) is 4.79 Å². The SMILES string of the molecule is CC[C@H](C(=O)Nc1cc(Cl)ccc1C)c1ccccc1. The molecule has 2 nitrogen and oxygen atoms in total. The summed E-state index contributed by atoms with van der Waals surface area (Å²) in [5.41, 5.74) is 2.81. The molecule has 0 aliphatic heterocycles. The van der Waals surface area contributed by atoms with E-state index in [1.54, 1.807) is 6.07 Å². The molecule has 0 saturated carbocycles. The van der Waals surface area contributed by atoms with E-state index in [1.165, 1.54) is 0 Å². The van der Waals surface area contributed by atoms with E-state index in [-0.39, 0.29) is 11.8 Å². The third-order valence-corrected chi connectivity index (χ3v) is 3.62. The van der Waals surface area contributed by atoms with Crippen LogP contribution in [0.2, 0.25) is 5.02 Å². The van der Waals surface area contributed by atoms with E-state index in [0.29, 0.717) is 5.02 Å². The Morgan fingerprint density at radius 1 is 1.20 bits per heavy atom. The van der Waals surface area contributed by atoms with Crippen LogP contribution in [0.25, 0.3) is 0 Å². The molecule has 0 aliphatic rings. The predicted octanol–water partition coefficient (Wildman–Crippen LogP) is 4.78. The molecule has 1 atom stereocenters. The average molecular weight is 288 g/mol. The van der Waals surface area contributed by atoms with Gasteiger partial charge in [0.25, 0.3) is 0 Å². The summed E-state index contributed by atoms with van der Waals surface area (Å²) in [4.78, 5) is 12.5. The quantitative estimate of drug-likeness (QED) is 0.861. The maximum Gasteiger partial charge on any atom is 0.231 e. The minimum Gasteiger partial charge on any atom is -0.325 e. The van der Waals surface area contributed by atoms with Crippen molar-refractivity contribution in [3.63, 3.8) is 0 Å². The van der Waals surface area contributed by atoms with Crippen LogP contribution >= 0.6 is 11.6 Å². The molecule has 0 spiro atoms. The van der Waals surface area contributed by atoms with Gasteiger partial charge in [0, 0.05) is 10.7 Å². The number of carbonyl (C=O) groups is 1. The van der Waals surface area contributed by atoms with E-state index in [4.69, 9.17) is 11.6 Å². The van der Waals surface area contributed by atoms with Crippen LogP contribution in [-0.4, -0.2) is 5.91 Å². The van der Waals surface area contributed by atoms with Crippen LogP contribution in [0.4, 0.5) is 5.69 Å². The lowest BCUT2D eigenvalue weighted by Gasteiger charge is -2.16. The highest BCUT2D eigenvalue weighted by Gasteiger charge is 2.19. The average Bonchev–Trinajstić information content (AvgIpc) is 2.45. The number of benzene rings is 2. The third-order valence-electron chi connectivity index (χ3n) is 3.38. The molecule has 104 valence electrons. The molecule has 2 aromatic carbocycles. The molecule has 0 fully saturated rings. The van der Waals surface area contributed by atoms with Crippen LogP contribution in [0, 0.1) is 6.92 Å². The Hall–Kier alpha value is -1.80. The van der Waals surface area contributed by atoms with Crippen molar-refractivity contribution in [1.82, 2.24) is 0 Å². The predicted molar refractivity (Wildman–Crippen MR) is 84.3 cm³/mol. The molecule has 0 aliphatic carbocycles. The summed E-state index contributed by atoms with van der Waals surface area (Å²) in [6.07, 6.45) is 0.759. The van der Waals surface area contributed by atoms with Gasteiger partial charge in [0.1, 0.15) is 0 Å². The highest BCUT2D eigenvalue weighted by molar-refractivity contribution is 6.31. The zero-order valence-corrected chi connectivity index (χ0v) is 12.4. The second-order valence-electron chi connectivity index (χ2n) is 4.82. The topological polar surface area (TPSA) is 29.1 Å². The summed E-state index contributed by atoms with van der Waals surface area (Å²) in [6, 6.07) is 15.3. The summed E-state index contributed by atoms with van der Waals surface area (Å²) < 4.78 is 0. The fourth-order valence-corrected chi connectivity index (χ4v) is 2.38. The van der Waals surface area contributed by atoms with Crippen LogP contribution in [0.3, 0.4) is 0 Å². The Balaban J connectivity index is 2.20. The monoisotopic (exact) mass is 287 g/mol. The van der Waals surface area contributed by atoms with Gasteiger partial charge in [0.05, 0.1) is 5.92 Å². The van der Waals surface area contributed by atoms with Gasteiger partial charge in [-0.1, -0.05) is 54.9 Å². The first kappa shape index (κ1) is 14.6. The molecule has 20 heavy (non-hydrogen) atoms. The summed E-state index contributed by atoms with van der Waals surface area (Å²) in [6.45, 7) is 3.97. The van der Waals surface area contributed by atoms with Crippen LogP contribution in [0.15, 0.2) is 48.5 Å². The number of hydrogen-bond donors (Lipinski definition) is 1. The number of amides is 1. The summed E-state index contributed by atoms with van der Waals surface area (Å²) in [5.74, 6) is -0.140. The van der Waals surface area contributed by atoms with E-state index in [2.05, 4.69) is 5.32 Å². The lowest BCUT2D eigenvalue weighted by molar-refractivity contribution is -0.117. The molecule has 2 aromatic rings. The Morgan fingerprint density at radius 3 is 2.55 bits per heavy atom. The number of hydrogen-bond acceptors (Lipinski definition) is 1. The Bertz CT molecular complexity index is 595. The van der Waals surface area contributed by atoms with Gasteiger partial charge in [-0.2, -0.15) is 0 Å². The number of aryl methyl sites for hydroxylation is 1. The number of rotatable bonds is 4.